The summed E-state index contributed by atoms with van der Waals surface area (Å²) in [5, 5.41) is 3.74. The smallest absolute Gasteiger partial charge is 0.314 e. The van der Waals surface area contributed by atoms with Gasteiger partial charge < -0.3 is 15.0 Å². The molecule has 0 saturated carbocycles. The molecule has 1 N–H and O–H groups in total. The van der Waals surface area contributed by atoms with Crippen LogP contribution in [-0.2, 0) is 32.1 Å². The van der Waals surface area contributed by atoms with Gasteiger partial charge in [-0.25, -0.2) is 0 Å². The number of hydrogen-bond donors (Lipinski definition) is 1. The zero-order valence-corrected chi connectivity index (χ0v) is 18.2. The van der Waals surface area contributed by atoms with Gasteiger partial charge in [0.15, 0.2) is 0 Å². The highest BCUT2D eigenvalue weighted by Gasteiger charge is 2.35. The zero-order chi connectivity index (χ0) is 21.8. The van der Waals surface area contributed by atoms with Crippen LogP contribution < -0.4 is 5.32 Å². The van der Waals surface area contributed by atoms with Crippen molar-refractivity contribution in [3.05, 3.63) is 69.2 Å². The number of halogens is 2. The van der Waals surface area contributed by atoms with E-state index in [-0.39, 0.29) is 19.1 Å². The molecule has 2 atom stereocenters. The number of nitrogens with zero attached hydrogens (tertiary/aromatic N) is 1. The highest BCUT2D eigenvalue weighted by molar-refractivity contribution is 6.35. The molecule has 0 bridgehead atoms. The molecule has 2 unspecified atom stereocenters. The molecule has 6 nitrogen and oxygen atoms in total. The van der Waals surface area contributed by atoms with Gasteiger partial charge in [-0.15, -0.1) is 0 Å². The second-order valence-electron chi connectivity index (χ2n) is 7.27. The number of hydrogen-bond acceptors (Lipinski definition) is 4. The van der Waals surface area contributed by atoms with Crippen molar-refractivity contribution in [3.8, 4) is 0 Å². The molecule has 0 aromatic heterocycles. The molecular weight excluding hydrogens is 427 g/mol. The van der Waals surface area contributed by atoms with Crippen LogP contribution >= 0.6 is 23.2 Å². The van der Waals surface area contributed by atoms with Gasteiger partial charge in [0.2, 0.25) is 0 Å². The van der Waals surface area contributed by atoms with Gasteiger partial charge in [0, 0.05) is 29.2 Å². The highest BCUT2D eigenvalue weighted by atomic mass is 35.5. The lowest BCUT2D eigenvalue weighted by Crippen LogP contribution is -2.49. The minimum absolute atomic E-state index is 0.0906. The Labute approximate surface area is 185 Å². The summed E-state index contributed by atoms with van der Waals surface area (Å²) >= 11 is 12.1. The fourth-order valence-electron chi connectivity index (χ4n) is 3.60. The van der Waals surface area contributed by atoms with Crippen LogP contribution in [0.1, 0.15) is 29.5 Å². The maximum absolute atomic E-state index is 12.8. The van der Waals surface area contributed by atoms with Crippen molar-refractivity contribution >= 4 is 41.0 Å². The topological polar surface area (TPSA) is 75.7 Å². The summed E-state index contributed by atoms with van der Waals surface area (Å²) in [5.74, 6) is -2.48. The third kappa shape index (κ3) is 4.94. The Bertz CT molecular complexity index is 979. The number of methoxy groups -OCH3 is 1. The molecule has 3 rings (SSSR count). The van der Waals surface area contributed by atoms with E-state index in [0.717, 1.165) is 16.7 Å². The van der Waals surface area contributed by atoms with Crippen molar-refractivity contribution in [1.82, 2.24) is 10.2 Å². The van der Waals surface area contributed by atoms with Crippen LogP contribution in [0.3, 0.4) is 0 Å². The first-order valence-corrected chi connectivity index (χ1v) is 10.2. The van der Waals surface area contributed by atoms with Crippen molar-refractivity contribution < 1.29 is 19.1 Å². The minimum atomic E-state index is -0.726. The Morgan fingerprint density at radius 2 is 1.93 bits per heavy atom. The van der Waals surface area contributed by atoms with E-state index in [1.54, 1.807) is 25.1 Å². The molecule has 2 aromatic carbocycles. The molecule has 1 aliphatic heterocycles. The molecule has 0 saturated heterocycles. The van der Waals surface area contributed by atoms with Gasteiger partial charge in [-0.3, -0.25) is 14.4 Å². The van der Waals surface area contributed by atoms with E-state index in [0.29, 0.717) is 16.5 Å². The number of benzene rings is 2. The summed E-state index contributed by atoms with van der Waals surface area (Å²) in [4.78, 5) is 38.9. The van der Waals surface area contributed by atoms with Crippen LogP contribution in [0.4, 0.5) is 0 Å². The normalized spacial score (nSPS) is 16.4. The van der Waals surface area contributed by atoms with Gasteiger partial charge in [0.25, 0.3) is 0 Å². The lowest BCUT2D eigenvalue weighted by molar-refractivity contribution is -0.149. The first kappa shape index (κ1) is 22.1. The summed E-state index contributed by atoms with van der Waals surface area (Å²) in [6.07, 6.45) is 0.447. The van der Waals surface area contributed by atoms with E-state index >= 15 is 0 Å². The third-order valence-electron chi connectivity index (χ3n) is 5.08. The van der Waals surface area contributed by atoms with E-state index in [1.807, 2.05) is 24.3 Å². The lowest BCUT2D eigenvalue weighted by Gasteiger charge is -2.33. The number of amides is 2. The predicted molar refractivity (Wildman–Crippen MR) is 114 cm³/mol. The monoisotopic (exact) mass is 448 g/mol. The Morgan fingerprint density at radius 1 is 1.20 bits per heavy atom. The van der Waals surface area contributed by atoms with Crippen LogP contribution in [0, 0.1) is 0 Å². The molecule has 0 fully saturated rings. The first-order valence-electron chi connectivity index (χ1n) is 9.49. The second kappa shape index (κ2) is 9.49. The third-order valence-corrected chi connectivity index (χ3v) is 5.67. The number of fused-ring (bicyclic) bond motifs is 1. The van der Waals surface area contributed by atoms with Gasteiger partial charge in [-0.2, -0.15) is 0 Å². The number of esters is 1. The SMILES string of the molecule is COC(=O)C1CN(C(=O)C(=O)NC(C)Cc2ccc(Cl)cc2Cl)Cc2ccccc21. The number of carbonyl (C=O) groups excluding carboxylic acids is 3. The minimum Gasteiger partial charge on any atom is -0.468 e. The fraction of sp³-hybridized carbons (Fsp3) is 0.318. The standard InChI is InChI=1S/C22H22Cl2N2O4/c1-13(9-14-7-8-16(23)10-19(14)24)25-20(27)21(28)26-11-15-5-3-4-6-17(15)18(12-26)22(29)30-2/h3-8,10,13,18H,9,11-12H2,1-2H3,(H,25,27). The van der Waals surface area contributed by atoms with E-state index < -0.39 is 23.7 Å². The average Bonchev–Trinajstić information content (AvgIpc) is 2.73. The van der Waals surface area contributed by atoms with Gasteiger partial charge in [-0.1, -0.05) is 53.5 Å². The van der Waals surface area contributed by atoms with E-state index in [1.165, 1.54) is 12.0 Å². The molecule has 2 aromatic rings. The average molecular weight is 449 g/mol. The molecule has 1 heterocycles. The van der Waals surface area contributed by atoms with Crippen LogP contribution in [0.15, 0.2) is 42.5 Å². The Morgan fingerprint density at radius 3 is 2.63 bits per heavy atom. The van der Waals surface area contributed by atoms with Crippen LogP contribution in [-0.4, -0.2) is 42.4 Å². The molecule has 30 heavy (non-hydrogen) atoms. The second-order valence-corrected chi connectivity index (χ2v) is 8.12. The lowest BCUT2D eigenvalue weighted by atomic mass is 9.89. The van der Waals surface area contributed by atoms with Crippen molar-refractivity contribution in [1.29, 1.82) is 0 Å². The van der Waals surface area contributed by atoms with Crippen molar-refractivity contribution in [3.63, 3.8) is 0 Å². The molecule has 1 aliphatic rings. The van der Waals surface area contributed by atoms with Crippen LogP contribution in [0.5, 0.6) is 0 Å². The van der Waals surface area contributed by atoms with Crippen LogP contribution in [0.25, 0.3) is 0 Å². The molecular formula is C22H22Cl2N2O4. The fourth-order valence-corrected chi connectivity index (χ4v) is 4.09. The van der Waals surface area contributed by atoms with Crippen molar-refractivity contribution in [2.24, 2.45) is 0 Å². The Kier molecular flexibility index (Phi) is 7.00. The number of rotatable bonds is 4. The summed E-state index contributed by atoms with van der Waals surface area (Å²) in [7, 11) is 1.31. The summed E-state index contributed by atoms with van der Waals surface area (Å²) in [5.41, 5.74) is 2.46. The molecule has 8 heteroatoms. The number of ether oxygens (including phenoxy) is 1. The highest BCUT2D eigenvalue weighted by Crippen LogP contribution is 2.29. The van der Waals surface area contributed by atoms with Gasteiger partial charge in [-0.05, 0) is 42.2 Å². The summed E-state index contributed by atoms with van der Waals surface area (Å²) in [6, 6.07) is 12.2. The van der Waals surface area contributed by atoms with Gasteiger partial charge >= 0.3 is 17.8 Å². The van der Waals surface area contributed by atoms with Crippen LogP contribution in [0.2, 0.25) is 10.0 Å². The van der Waals surface area contributed by atoms with Crippen molar-refractivity contribution in [2.75, 3.05) is 13.7 Å². The number of nitrogens with one attached hydrogen (secondary N) is 1. The molecule has 0 radical (unpaired) electrons. The Balaban J connectivity index is 1.68. The van der Waals surface area contributed by atoms with Crippen molar-refractivity contribution in [2.45, 2.75) is 31.8 Å². The maximum atomic E-state index is 12.8. The molecule has 0 spiro atoms. The van der Waals surface area contributed by atoms with E-state index in [2.05, 4.69) is 5.32 Å². The van der Waals surface area contributed by atoms with Gasteiger partial charge in [0.05, 0.1) is 13.0 Å². The predicted octanol–water partition coefficient (Wildman–Crippen LogP) is 3.34. The largest absolute Gasteiger partial charge is 0.468 e. The summed E-state index contributed by atoms with van der Waals surface area (Å²) in [6.45, 7) is 2.14. The van der Waals surface area contributed by atoms with E-state index in [4.69, 9.17) is 27.9 Å². The first-order chi connectivity index (χ1) is 14.3. The zero-order valence-electron chi connectivity index (χ0n) is 16.7. The molecule has 2 amide bonds. The molecule has 0 aliphatic carbocycles. The molecule has 158 valence electrons. The maximum Gasteiger partial charge on any atom is 0.314 e. The number of carbonyl (C=O) groups is 3. The quantitative estimate of drug-likeness (QED) is 0.574. The van der Waals surface area contributed by atoms with E-state index in [9.17, 15) is 14.4 Å². The summed E-state index contributed by atoms with van der Waals surface area (Å²) < 4.78 is 4.89. The Hall–Kier alpha value is -2.57. The van der Waals surface area contributed by atoms with Gasteiger partial charge in [0.1, 0.15) is 0 Å².